The van der Waals surface area contributed by atoms with Crippen LogP contribution in [-0.2, 0) is 9.59 Å². The minimum atomic E-state index is -0.551. The third kappa shape index (κ3) is 13.2. The van der Waals surface area contributed by atoms with Gasteiger partial charge in [0.15, 0.2) is 0 Å². The third-order valence-electron chi connectivity index (χ3n) is 4.22. The summed E-state index contributed by atoms with van der Waals surface area (Å²) < 4.78 is 0. The molecule has 28 heavy (non-hydrogen) atoms. The van der Waals surface area contributed by atoms with Crippen molar-refractivity contribution in [2.75, 3.05) is 13.1 Å². The topological polar surface area (TPSA) is 115 Å². The molecular weight excluding hydrogens is 358 g/mol. The standard InChI is InChI=1S/C10H18N4O2.C8H15NO.C2H6/c1-7(2)13-9-6-11-8(5-12-9)3-4-10(15)14-16;10-7-9-6-8-4-2-1-3-5-8;1-2/h3-5,7,9,11-13,16H,6H2,1-2H3,(H,14,15);7-8H,1-6H2,(H,9,10);1-2H3/b4-3+;;. The molecule has 0 bridgehead atoms. The number of carbonyl (C=O) groups is 2. The molecule has 1 aliphatic carbocycles. The van der Waals surface area contributed by atoms with Gasteiger partial charge in [-0.05, 0) is 38.7 Å². The molecule has 0 radical (unpaired) electrons. The van der Waals surface area contributed by atoms with Crippen LogP contribution in [0.1, 0.15) is 59.8 Å². The maximum atomic E-state index is 10.7. The Labute approximate surface area is 169 Å². The van der Waals surface area contributed by atoms with E-state index in [0.717, 1.165) is 31.1 Å². The van der Waals surface area contributed by atoms with Crippen LogP contribution in [-0.4, -0.2) is 42.8 Å². The van der Waals surface area contributed by atoms with E-state index < -0.39 is 5.91 Å². The fourth-order valence-electron chi connectivity index (χ4n) is 2.95. The van der Waals surface area contributed by atoms with Crippen molar-refractivity contribution in [3.05, 3.63) is 24.0 Å². The van der Waals surface area contributed by atoms with Gasteiger partial charge in [0.25, 0.3) is 5.91 Å². The molecule has 1 atom stereocenters. The van der Waals surface area contributed by atoms with Crippen molar-refractivity contribution in [2.24, 2.45) is 5.92 Å². The van der Waals surface area contributed by atoms with E-state index in [2.05, 4.69) is 35.1 Å². The van der Waals surface area contributed by atoms with Gasteiger partial charge in [0, 0.05) is 31.4 Å². The first kappa shape index (κ1) is 25.9. The van der Waals surface area contributed by atoms with Crippen LogP contribution >= 0.6 is 0 Å². The second kappa shape index (κ2) is 17.1. The van der Waals surface area contributed by atoms with E-state index in [-0.39, 0.29) is 6.17 Å². The lowest BCUT2D eigenvalue weighted by molar-refractivity contribution is -0.124. The minimum absolute atomic E-state index is 0.184. The number of amides is 2. The molecule has 1 unspecified atom stereocenters. The predicted molar refractivity (Wildman–Crippen MR) is 112 cm³/mol. The average molecular weight is 398 g/mol. The lowest BCUT2D eigenvalue weighted by Crippen LogP contribution is -2.52. The Morgan fingerprint density at radius 2 is 1.96 bits per heavy atom. The zero-order valence-corrected chi connectivity index (χ0v) is 17.8. The summed E-state index contributed by atoms with van der Waals surface area (Å²) in [5.41, 5.74) is 2.32. The zero-order chi connectivity index (χ0) is 21.2. The van der Waals surface area contributed by atoms with Crippen molar-refractivity contribution in [3.8, 4) is 0 Å². The van der Waals surface area contributed by atoms with Crippen LogP contribution in [0, 0.1) is 5.92 Å². The number of carbonyl (C=O) groups excluding carboxylic acids is 2. The molecule has 8 heteroatoms. The van der Waals surface area contributed by atoms with Crippen LogP contribution < -0.4 is 26.7 Å². The van der Waals surface area contributed by atoms with E-state index in [1.54, 1.807) is 12.3 Å². The fourth-order valence-corrected chi connectivity index (χ4v) is 2.95. The van der Waals surface area contributed by atoms with Gasteiger partial charge < -0.3 is 16.0 Å². The third-order valence-corrected chi connectivity index (χ3v) is 4.22. The highest BCUT2D eigenvalue weighted by molar-refractivity contribution is 5.86. The van der Waals surface area contributed by atoms with Gasteiger partial charge >= 0.3 is 0 Å². The highest BCUT2D eigenvalue weighted by Crippen LogP contribution is 2.22. The molecule has 1 aliphatic heterocycles. The second-order valence-corrected chi connectivity index (χ2v) is 6.86. The average Bonchev–Trinajstić information content (AvgIpc) is 2.73. The van der Waals surface area contributed by atoms with Gasteiger partial charge in [-0.25, -0.2) is 5.48 Å². The quantitative estimate of drug-likeness (QED) is 0.169. The monoisotopic (exact) mass is 397 g/mol. The highest BCUT2D eigenvalue weighted by atomic mass is 16.5. The van der Waals surface area contributed by atoms with Gasteiger partial charge in [-0.1, -0.05) is 33.1 Å². The number of rotatable bonds is 7. The largest absolute Gasteiger partial charge is 0.380 e. The molecule has 2 aliphatic rings. The lowest BCUT2D eigenvalue weighted by atomic mass is 9.89. The molecular formula is C20H39N5O3. The molecule has 2 rings (SSSR count). The molecule has 1 heterocycles. The number of hydroxylamine groups is 1. The second-order valence-electron chi connectivity index (χ2n) is 6.86. The van der Waals surface area contributed by atoms with Crippen molar-refractivity contribution >= 4 is 12.3 Å². The molecule has 0 aromatic rings. The number of hydrogen-bond acceptors (Lipinski definition) is 6. The smallest absolute Gasteiger partial charge is 0.267 e. The molecule has 2 amide bonds. The Kier molecular flexibility index (Phi) is 15.8. The molecule has 1 fully saturated rings. The van der Waals surface area contributed by atoms with Gasteiger partial charge in [-0.3, -0.25) is 20.1 Å². The summed E-state index contributed by atoms with van der Waals surface area (Å²) in [5.74, 6) is 0.212. The van der Waals surface area contributed by atoms with E-state index in [0.29, 0.717) is 6.04 Å². The summed E-state index contributed by atoms with van der Waals surface area (Å²) in [6.07, 6.45) is 12.3. The summed E-state index contributed by atoms with van der Waals surface area (Å²) >= 11 is 0. The van der Waals surface area contributed by atoms with E-state index >= 15 is 0 Å². The molecule has 1 saturated carbocycles. The Morgan fingerprint density at radius 3 is 2.46 bits per heavy atom. The summed E-state index contributed by atoms with van der Waals surface area (Å²) in [4.78, 5) is 20.7. The van der Waals surface area contributed by atoms with Gasteiger partial charge in [0.2, 0.25) is 6.41 Å². The van der Waals surface area contributed by atoms with Crippen LogP contribution in [0.5, 0.6) is 0 Å². The maximum Gasteiger partial charge on any atom is 0.267 e. The summed E-state index contributed by atoms with van der Waals surface area (Å²) in [5, 5.41) is 20.6. The number of allylic oxidation sites excluding steroid dienone is 1. The molecule has 0 spiro atoms. The van der Waals surface area contributed by atoms with Crippen LogP contribution in [0.4, 0.5) is 0 Å². The molecule has 8 nitrogen and oxygen atoms in total. The molecule has 162 valence electrons. The summed E-state index contributed by atoms with van der Waals surface area (Å²) in [6, 6.07) is 0.407. The number of hydrogen-bond donors (Lipinski definition) is 6. The molecule has 6 N–H and O–H groups in total. The van der Waals surface area contributed by atoms with Crippen molar-refractivity contribution in [1.29, 1.82) is 0 Å². The van der Waals surface area contributed by atoms with Crippen LogP contribution in [0.3, 0.4) is 0 Å². The normalized spacial score (nSPS) is 19.1. The van der Waals surface area contributed by atoms with Gasteiger partial charge in [0.1, 0.15) is 0 Å². The zero-order valence-electron chi connectivity index (χ0n) is 17.8. The van der Waals surface area contributed by atoms with Crippen molar-refractivity contribution in [3.63, 3.8) is 0 Å². The van der Waals surface area contributed by atoms with E-state index in [4.69, 9.17) is 5.21 Å². The van der Waals surface area contributed by atoms with Gasteiger partial charge in [-0.15, -0.1) is 0 Å². The van der Waals surface area contributed by atoms with Crippen molar-refractivity contribution in [1.82, 2.24) is 26.7 Å². The maximum absolute atomic E-state index is 10.7. The van der Waals surface area contributed by atoms with E-state index in [1.807, 2.05) is 13.8 Å². The lowest BCUT2D eigenvalue weighted by Gasteiger charge is -2.27. The Balaban J connectivity index is 0.000000520. The summed E-state index contributed by atoms with van der Waals surface area (Å²) in [7, 11) is 0. The SMILES string of the molecule is CC.CC(C)NC1CNC(/C=C/C(=O)NO)=CN1.O=CNCC1CCCCC1. The first-order chi connectivity index (χ1) is 13.5. The van der Waals surface area contributed by atoms with Crippen LogP contribution in [0.2, 0.25) is 0 Å². The number of nitrogens with one attached hydrogen (secondary N) is 5. The Bertz CT molecular complexity index is 474. The van der Waals surface area contributed by atoms with Crippen LogP contribution in [0.15, 0.2) is 24.0 Å². The van der Waals surface area contributed by atoms with Crippen molar-refractivity contribution in [2.45, 2.75) is 72.0 Å². The van der Waals surface area contributed by atoms with E-state index in [9.17, 15) is 9.59 Å². The van der Waals surface area contributed by atoms with E-state index in [1.165, 1.54) is 43.7 Å². The molecule has 0 aromatic heterocycles. The predicted octanol–water partition coefficient (Wildman–Crippen LogP) is 1.75. The first-order valence-corrected chi connectivity index (χ1v) is 10.3. The van der Waals surface area contributed by atoms with Gasteiger partial charge in [0.05, 0.1) is 11.9 Å². The Hall–Kier alpha value is -2.06. The highest BCUT2D eigenvalue weighted by Gasteiger charge is 2.12. The molecule has 0 aromatic carbocycles. The molecule has 0 saturated heterocycles. The minimum Gasteiger partial charge on any atom is -0.380 e. The summed E-state index contributed by atoms with van der Waals surface area (Å²) in [6.45, 7) is 9.78. The first-order valence-electron chi connectivity index (χ1n) is 10.3. The fraction of sp³-hybridized carbons (Fsp3) is 0.700. The van der Waals surface area contributed by atoms with Crippen LogP contribution in [0.25, 0.3) is 0 Å². The Morgan fingerprint density at radius 1 is 1.29 bits per heavy atom. The van der Waals surface area contributed by atoms with Crippen molar-refractivity contribution < 1.29 is 14.8 Å². The van der Waals surface area contributed by atoms with Gasteiger partial charge in [-0.2, -0.15) is 0 Å².